The van der Waals surface area contributed by atoms with E-state index in [1.165, 1.54) is 24.7 Å². The Labute approximate surface area is 147 Å². The quantitative estimate of drug-likeness (QED) is 0.800. The molecule has 0 unspecified atom stereocenters. The Bertz CT molecular complexity index is 750. The Morgan fingerprint density at radius 2 is 2.16 bits per heavy atom. The molecule has 1 N–H and O–H groups in total. The molecule has 1 amide bonds. The van der Waals surface area contributed by atoms with E-state index in [-0.39, 0.29) is 5.91 Å². The van der Waals surface area contributed by atoms with Gasteiger partial charge in [-0.15, -0.1) is 0 Å². The van der Waals surface area contributed by atoms with Crippen molar-refractivity contribution in [2.45, 2.75) is 50.9 Å². The van der Waals surface area contributed by atoms with Gasteiger partial charge in [0.1, 0.15) is 12.0 Å². The Morgan fingerprint density at radius 1 is 1.32 bits per heavy atom. The summed E-state index contributed by atoms with van der Waals surface area (Å²) in [6.45, 7) is 1.42. The molecular formula is C19H23N3O3. The normalized spacial score (nSPS) is 16.9. The molecule has 2 aromatic rings. The number of benzene rings is 1. The van der Waals surface area contributed by atoms with Crippen LogP contribution in [-0.4, -0.2) is 35.0 Å². The molecule has 1 aromatic heterocycles. The lowest BCUT2D eigenvalue weighted by atomic mass is 10.2. The minimum atomic E-state index is -0.136. The van der Waals surface area contributed by atoms with Crippen LogP contribution >= 0.6 is 0 Å². The van der Waals surface area contributed by atoms with Gasteiger partial charge in [0.05, 0.1) is 13.7 Å². The van der Waals surface area contributed by atoms with Crippen LogP contribution < -0.4 is 10.1 Å². The maximum absolute atomic E-state index is 12.0. The van der Waals surface area contributed by atoms with Crippen molar-refractivity contribution in [3.8, 4) is 5.75 Å². The van der Waals surface area contributed by atoms with Crippen LogP contribution in [0, 0.1) is 0 Å². The first kappa shape index (κ1) is 16.1. The Balaban J connectivity index is 1.41. The summed E-state index contributed by atoms with van der Waals surface area (Å²) in [7, 11) is 1.68. The Kier molecular flexibility index (Phi) is 4.44. The molecule has 132 valence electrons. The number of hydrogen-bond acceptors (Lipinski definition) is 5. The molecule has 0 spiro atoms. The fourth-order valence-corrected chi connectivity index (χ4v) is 2.91. The van der Waals surface area contributed by atoms with Crippen molar-refractivity contribution in [1.82, 2.24) is 15.2 Å². The monoisotopic (exact) mass is 341 g/mol. The van der Waals surface area contributed by atoms with Gasteiger partial charge in [-0.1, -0.05) is 12.1 Å². The largest absolute Gasteiger partial charge is 0.497 e. The lowest BCUT2D eigenvalue weighted by Crippen LogP contribution is -2.26. The molecule has 6 nitrogen and oxygen atoms in total. The van der Waals surface area contributed by atoms with Gasteiger partial charge < -0.3 is 14.5 Å². The minimum Gasteiger partial charge on any atom is -0.497 e. The molecule has 2 aliphatic carbocycles. The van der Waals surface area contributed by atoms with Gasteiger partial charge in [0.15, 0.2) is 5.69 Å². The molecular weight excluding hydrogens is 318 g/mol. The van der Waals surface area contributed by atoms with Gasteiger partial charge in [0.2, 0.25) is 5.89 Å². The predicted octanol–water partition coefficient (Wildman–Crippen LogP) is 2.74. The van der Waals surface area contributed by atoms with Crippen LogP contribution in [0.15, 0.2) is 34.9 Å². The van der Waals surface area contributed by atoms with Gasteiger partial charge in [0, 0.05) is 18.6 Å². The molecule has 2 fully saturated rings. The third kappa shape index (κ3) is 4.20. The number of oxazole rings is 1. The van der Waals surface area contributed by atoms with Crippen molar-refractivity contribution in [2.24, 2.45) is 0 Å². The highest BCUT2D eigenvalue weighted by atomic mass is 16.5. The van der Waals surface area contributed by atoms with Crippen LogP contribution in [-0.2, 0) is 13.1 Å². The number of methoxy groups -OCH3 is 1. The highest BCUT2D eigenvalue weighted by molar-refractivity contribution is 5.92. The summed E-state index contributed by atoms with van der Waals surface area (Å²) < 4.78 is 10.8. The SMILES string of the molecule is COc1cccc(CN(Cc2nc(C(=O)NC3CC3)co2)C2CC2)c1. The molecule has 0 radical (unpaired) electrons. The van der Waals surface area contributed by atoms with E-state index in [2.05, 4.69) is 27.3 Å². The number of carbonyl (C=O) groups excluding carboxylic acids is 1. The van der Waals surface area contributed by atoms with Gasteiger partial charge in [-0.3, -0.25) is 9.69 Å². The molecule has 0 atom stereocenters. The molecule has 1 aromatic carbocycles. The van der Waals surface area contributed by atoms with Gasteiger partial charge in [-0.25, -0.2) is 4.98 Å². The second kappa shape index (κ2) is 6.88. The second-order valence-corrected chi connectivity index (χ2v) is 6.86. The number of hydrogen-bond donors (Lipinski definition) is 1. The van der Waals surface area contributed by atoms with Crippen LogP contribution in [0.1, 0.15) is 47.6 Å². The van der Waals surface area contributed by atoms with E-state index in [1.807, 2.05) is 12.1 Å². The third-order valence-corrected chi connectivity index (χ3v) is 4.62. The van der Waals surface area contributed by atoms with Gasteiger partial charge in [-0.05, 0) is 43.4 Å². The van der Waals surface area contributed by atoms with Crippen LogP contribution in [0.5, 0.6) is 5.75 Å². The van der Waals surface area contributed by atoms with E-state index in [0.717, 1.165) is 25.1 Å². The van der Waals surface area contributed by atoms with Crippen LogP contribution in [0.4, 0.5) is 0 Å². The van der Waals surface area contributed by atoms with Gasteiger partial charge in [-0.2, -0.15) is 0 Å². The second-order valence-electron chi connectivity index (χ2n) is 6.86. The first-order chi connectivity index (χ1) is 12.2. The average molecular weight is 341 g/mol. The molecule has 0 saturated heterocycles. The molecule has 0 aliphatic heterocycles. The van der Waals surface area contributed by atoms with Crippen molar-refractivity contribution in [3.63, 3.8) is 0 Å². The minimum absolute atomic E-state index is 0.136. The highest BCUT2D eigenvalue weighted by Gasteiger charge is 2.30. The predicted molar refractivity (Wildman–Crippen MR) is 92.3 cm³/mol. The van der Waals surface area contributed by atoms with Crippen LogP contribution in [0.2, 0.25) is 0 Å². The number of aromatic nitrogens is 1. The first-order valence-corrected chi connectivity index (χ1v) is 8.83. The van der Waals surface area contributed by atoms with Crippen molar-refractivity contribution in [2.75, 3.05) is 7.11 Å². The number of ether oxygens (including phenoxy) is 1. The lowest BCUT2D eigenvalue weighted by Gasteiger charge is -2.20. The Hall–Kier alpha value is -2.34. The highest BCUT2D eigenvalue weighted by Crippen LogP contribution is 2.30. The molecule has 1 heterocycles. The maximum atomic E-state index is 12.0. The summed E-state index contributed by atoms with van der Waals surface area (Å²) in [5, 5.41) is 2.94. The summed E-state index contributed by atoms with van der Waals surface area (Å²) in [6.07, 6.45) is 5.97. The fourth-order valence-electron chi connectivity index (χ4n) is 2.91. The molecule has 2 saturated carbocycles. The van der Waals surface area contributed by atoms with E-state index in [4.69, 9.17) is 9.15 Å². The first-order valence-electron chi connectivity index (χ1n) is 8.83. The number of rotatable bonds is 8. The summed E-state index contributed by atoms with van der Waals surface area (Å²) in [6, 6.07) is 8.99. The molecule has 25 heavy (non-hydrogen) atoms. The topological polar surface area (TPSA) is 67.6 Å². The van der Waals surface area contributed by atoms with Gasteiger partial charge in [0.25, 0.3) is 5.91 Å². The number of amides is 1. The van der Waals surface area contributed by atoms with Crippen LogP contribution in [0.25, 0.3) is 0 Å². The zero-order valence-electron chi connectivity index (χ0n) is 14.4. The number of carbonyl (C=O) groups is 1. The van der Waals surface area contributed by atoms with E-state index < -0.39 is 0 Å². The summed E-state index contributed by atoms with van der Waals surface area (Å²) in [4.78, 5) is 18.8. The van der Waals surface area contributed by atoms with E-state index in [1.54, 1.807) is 7.11 Å². The zero-order valence-corrected chi connectivity index (χ0v) is 14.4. The van der Waals surface area contributed by atoms with Crippen molar-refractivity contribution in [1.29, 1.82) is 0 Å². The molecule has 2 aliphatic rings. The summed E-state index contributed by atoms with van der Waals surface area (Å²) in [5.74, 6) is 1.32. The van der Waals surface area contributed by atoms with E-state index >= 15 is 0 Å². The molecule has 4 rings (SSSR count). The average Bonchev–Trinajstić information content (AvgIpc) is 3.55. The number of nitrogens with zero attached hydrogens (tertiary/aromatic N) is 2. The standard InChI is InChI=1S/C19H23N3O3/c1-24-16-4-2-3-13(9-16)10-22(15-7-8-15)11-18-21-17(12-25-18)19(23)20-14-5-6-14/h2-4,9,12,14-15H,5-8,10-11H2,1H3,(H,20,23). The van der Waals surface area contributed by atoms with E-state index in [0.29, 0.717) is 30.2 Å². The molecule has 0 bridgehead atoms. The summed E-state index contributed by atoms with van der Waals surface area (Å²) in [5.41, 5.74) is 1.57. The van der Waals surface area contributed by atoms with Gasteiger partial charge >= 0.3 is 0 Å². The number of nitrogens with one attached hydrogen (secondary N) is 1. The fraction of sp³-hybridized carbons (Fsp3) is 0.474. The van der Waals surface area contributed by atoms with Crippen LogP contribution in [0.3, 0.4) is 0 Å². The Morgan fingerprint density at radius 3 is 2.88 bits per heavy atom. The van der Waals surface area contributed by atoms with E-state index in [9.17, 15) is 4.79 Å². The van der Waals surface area contributed by atoms with Crippen molar-refractivity contribution >= 4 is 5.91 Å². The van der Waals surface area contributed by atoms with Crippen molar-refractivity contribution < 1.29 is 13.9 Å². The smallest absolute Gasteiger partial charge is 0.273 e. The molecule has 6 heteroatoms. The van der Waals surface area contributed by atoms with Crippen molar-refractivity contribution in [3.05, 3.63) is 47.7 Å². The maximum Gasteiger partial charge on any atom is 0.273 e. The zero-order chi connectivity index (χ0) is 17.2. The third-order valence-electron chi connectivity index (χ3n) is 4.62. The summed E-state index contributed by atoms with van der Waals surface area (Å²) >= 11 is 0. The lowest BCUT2D eigenvalue weighted by molar-refractivity contribution is 0.0946.